The van der Waals surface area contributed by atoms with Crippen LogP contribution in [0.4, 0.5) is 0 Å². The number of furan rings is 1. The Bertz CT molecular complexity index is 471. The summed E-state index contributed by atoms with van der Waals surface area (Å²) in [4.78, 5) is 0. The third-order valence-corrected chi connectivity index (χ3v) is 2.48. The van der Waals surface area contributed by atoms with Crippen molar-refractivity contribution in [1.29, 1.82) is 0 Å². The number of nitrogens with two attached hydrogens (primary N) is 1. The second kappa shape index (κ2) is 3.51. The molecule has 80 valence electrons. The van der Waals surface area contributed by atoms with Crippen molar-refractivity contribution in [2.75, 3.05) is 0 Å². The van der Waals surface area contributed by atoms with Crippen LogP contribution < -0.4 is 5.73 Å². The predicted molar refractivity (Wildman–Crippen MR) is 55.2 cm³/mol. The molecule has 0 bridgehead atoms. The summed E-state index contributed by atoms with van der Waals surface area (Å²) in [5.74, 6) is 1.72. The van der Waals surface area contributed by atoms with E-state index in [1.54, 1.807) is 10.9 Å². The van der Waals surface area contributed by atoms with Gasteiger partial charge in [-0.3, -0.25) is 4.68 Å². The summed E-state index contributed by atoms with van der Waals surface area (Å²) in [6.45, 7) is 3.82. The Labute approximate surface area is 87.9 Å². The van der Waals surface area contributed by atoms with Crippen LogP contribution in [0.2, 0.25) is 0 Å². The Morgan fingerprint density at radius 3 is 2.67 bits per heavy atom. The molecule has 0 saturated carbocycles. The molecule has 2 aromatic rings. The van der Waals surface area contributed by atoms with Gasteiger partial charge in [0.15, 0.2) is 0 Å². The van der Waals surface area contributed by atoms with Crippen molar-refractivity contribution in [1.82, 2.24) is 15.0 Å². The zero-order valence-electron chi connectivity index (χ0n) is 9.06. The summed E-state index contributed by atoms with van der Waals surface area (Å²) >= 11 is 0. The molecule has 0 fully saturated rings. The van der Waals surface area contributed by atoms with E-state index in [2.05, 4.69) is 10.3 Å². The Kier molecular flexibility index (Phi) is 2.32. The Morgan fingerprint density at radius 2 is 2.20 bits per heavy atom. The van der Waals surface area contributed by atoms with Gasteiger partial charge in [-0.05, 0) is 19.9 Å². The van der Waals surface area contributed by atoms with Gasteiger partial charge in [-0.25, -0.2) is 0 Å². The molecule has 0 aromatic carbocycles. The first-order valence-corrected chi connectivity index (χ1v) is 4.76. The zero-order valence-corrected chi connectivity index (χ0v) is 9.06. The first kappa shape index (κ1) is 9.92. The minimum atomic E-state index is -0.234. The van der Waals surface area contributed by atoms with Crippen LogP contribution in [-0.2, 0) is 7.05 Å². The molecule has 0 spiro atoms. The number of hydrogen-bond donors (Lipinski definition) is 1. The second-order valence-electron chi connectivity index (χ2n) is 3.63. The molecule has 1 unspecified atom stereocenters. The Balaban J connectivity index is 2.40. The molecule has 5 nitrogen and oxygen atoms in total. The molecule has 1 atom stereocenters. The van der Waals surface area contributed by atoms with E-state index in [0.717, 1.165) is 22.8 Å². The third kappa shape index (κ3) is 1.66. The topological polar surface area (TPSA) is 69.9 Å². The van der Waals surface area contributed by atoms with Gasteiger partial charge in [0.2, 0.25) is 0 Å². The first-order valence-electron chi connectivity index (χ1n) is 4.76. The van der Waals surface area contributed by atoms with Gasteiger partial charge in [-0.1, -0.05) is 5.21 Å². The molecule has 2 heterocycles. The van der Waals surface area contributed by atoms with E-state index in [4.69, 9.17) is 10.2 Å². The Hall–Kier alpha value is -1.62. The molecule has 0 aliphatic heterocycles. The molecule has 2 aromatic heterocycles. The molecule has 0 saturated heterocycles. The number of hydrogen-bond acceptors (Lipinski definition) is 4. The minimum Gasteiger partial charge on any atom is -0.466 e. The zero-order chi connectivity index (χ0) is 11.0. The maximum atomic E-state index is 6.11. The van der Waals surface area contributed by atoms with Gasteiger partial charge >= 0.3 is 0 Å². The SMILES string of the molecule is Cc1cc(C(N)c2cnnn2C)c(C)o1. The van der Waals surface area contributed by atoms with E-state index in [9.17, 15) is 0 Å². The fraction of sp³-hybridized carbons (Fsp3) is 0.400. The van der Waals surface area contributed by atoms with Crippen LogP contribution >= 0.6 is 0 Å². The van der Waals surface area contributed by atoms with Gasteiger partial charge in [0.1, 0.15) is 11.5 Å². The summed E-state index contributed by atoms with van der Waals surface area (Å²) in [5.41, 5.74) is 7.97. The van der Waals surface area contributed by atoms with Gasteiger partial charge in [0.05, 0.1) is 17.9 Å². The number of aryl methyl sites for hydroxylation is 3. The van der Waals surface area contributed by atoms with Gasteiger partial charge in [0, 0.05) is 12.6 Å². The molecule has 2 rings (SSSR count). The van der Waals surface area contributed by atoms with Gasteiger partial charge in [-0.15, -0.1) is 5.10 Å². The van der Waals surface area contributed by atoms with Crippen LogP contribution in [0.5, 0.6) is 0 Å². The summed E-state index contributed by atoms with van der Waals surface area (Å²) in [5, 5.41) is 7.66. The standard InChI is InChI=1S/C10H14N4O/c1-6-4-8(7(2)15-6)10(11)9-5-12-13-14(9)3/h4-5,10H,11H2,1-3H3. The normalized spacial score (nSPS) is 13.1. The quantitative estimate of drug-likeness (QED) is 0.798. The average Bonchev–Trinajstić information content (AvgIpc) is 2.71. The molecule has 0 radical (unpaired) electrons. The van der Waals surface area contributed by atoms with Gasteiger partial charge < -0.3 is 10.2 Å². The highest BCUT2D eigenvalue weighted by molar-refractivity contribution is 5.29. The van der Waals surface area contributed by atoms with Crippen molar-refractivity contribution < 1.29 is 4.42 Å². The molecule has 2 N–H and O–H groups in total. The highest BCUT2D eigenvalue weighted by atomic mass is 16.3. The van der Waals surface area contributed by atoms with E-state index < -0.39 is 0 Å². The molecule has 0 aliphatic rings. The first-order chi connectivity index (χ1) is 7.09. The maximum absolute atomic E-state index is 6.11. The molecule has 0 aliphatic carbocycles. The molecule has 0 amide bonds. The minimum absolute atomic E-state index is 0.234. The molecule has 5 heteroatoms. The lowest BCUT2D eigenvalue weighted by Crippen LogP contribution is -2.16. The maximum Gasteiger partial charge on any atom is 0.106 e. The largest absolute Gasteiger partial charge is 0.466 e. The summed E-state index contributed by atoms with van der Waals surface area (Å²) in [6.07, 6.45) is 1.67. The fourth-order valence-corrected chi connectivity index (χ4v) is 1.70. The van der Waals surface area contributed by atoms with Crippen LogP contribution in [0.3, 0.4) is 0 Å². The molecular weight excluding hydrogens is 192 g/mol. The highest BCUT2D eigenvalue weighted by Crippen LogP contribution is 2.24. The van der Waals surface area contributed by atoms with Crippen molar-refractivity contribution >= 4 is 0 Å². The van der Waals surface area contributed by atoms with Crippen LogP contribution in [0.1, 0.15) is 28.8 Å². The van der Waals surface area contributed by atoms with E-state index in [-0.39, 0.29) is 6.04 Å². The van der Waals surface area contributed by atoms with E-state index in [1.807, 2.05) is 27.0 Å². The highest BCUT2D eigenvalue weighted by Gasteiger charge is 2.18. The summed E-state index contributed by atoms with van der Waals surface area (Å²) < 4.78 is 7.12. The van der Waals surface area contributed by atoms with Gasteiger partial charge in [0.25, 0.3) is 0 Å². The summed E-state index contributed by atoms with van der Waals surface area (Å²) in [6, 6.07) is 1.72. The number of nitrogens with zero attached hydrogens (tertiary/aromatic N) is 3. The van der Waals surface area contributed by atoms with Crippen molar-refractivity contribution in [3.8, 4) is 0 Å². The van der Waals surface area contributed by atoms with Crippen molar-refractivity contribution in [2.45, 2.75) is 19.9 Å². The lowest BCUT2D eigenvalue weighted by molar-refractivity contribution is 0.498. The van der Waals surface area contributed by atoms with E-state index in [0.29, 0.717) is 0 Å². The second-order valence-corrected chi connectivity index (χ2v) is 3.63. The smallest absolute Gasteiger partial charge is 0.106 e. The molecular formula is C10H14N4O. The third-order valence-electron chi connectivity index (χ3n) is 2.48. The number of rotatable bonds is 2. The van der Waals surface area contributed by atoms with Crippen molar-refractivity contribution in [3.05, 3.63) is 35.0 Å². The summed E-state index contributed by atoms with van der Waals surface area (Å²) in [7, 11) is 1.82. The predicted octanol–water partition coefficient (Wildman–Crippen LogP) is 1.07. The fourth-order valence-electron chi connectivity index (χ4n) is 1.70. The lowest BCUT2D eigenvalue weighted by atomic mass is 10.1. The van der Waals surface area contributed by atoms with Crippen molar-refractivity contribution in [3.63, 3.8) is 0 Å². The van der Waals surface area contributed by atoms with E-state index in [1.165, 1.54) is 0 Å². The number of aromatic nitrogens is 3. The monoisotopic (exact) mass is 206 g/mol. The lowest BCUT2D eigenvalue weighted by Gasteiger charge is -2.09. The van der Waals surface area contributed by atoms with Crippen LogP contribution in [-0.4, -0.2) is 15.0 Å². The average molecular weight is 206 g/mol. The van der Waals surface area contributed by atoms with Crippen LogP contribution in [0.15, 0.2) is 16.7 Å². The van der Waals surface area contributed by atoms with Gasteiger partial charge in [-0.2, -0.15) is 0 Å². The van der Waals surface area contributed by atoms with E-state index >= 15 is 0 Å². The Morgan fingerprint density at radius 1 is 1.47 bits per heavy atom. The van der Waals surface area contributed by atoms with Crippen molar-refractivity contribution in [2.24, 2.45) is 12.8 Å². The van der Waals surface area contributed by atoms with Crippen LogP contribution in [0, 0.1) is 13.8 Å². The van der Waals surface area contributed by atoms with Crippen LogP contribution in [0.25, 0.3) is 0 Å². The molecule has 15 heavy (non-hydrogen) atoms.